The Kier molecular flexibility index (Phi) is 4.40. The zero-order valence-electron chi connectivity index (χ0n) is 12.5. The van der Waals surface area contributed by atoms with Gasteiger partial charge in [-0.05, 0) is 42.0 Å². The Labute approximate surface area is 132 Å². The Hall–Kier alpha value is -2.74. The molecule has 0 fully saturated rings. The van der Waals surface area contributed by atoms with Crippen molar-refractivity contribution >= 4 is 5.57 Å². The molecule has 2 aromatic rings. The molecule has 1 aliphatic carbocycles. The second-order valence-electron chi connectivity index (χ2n) is 5.40. The lowest BCUT2D eigenvalue weighted by Crippen LogP contribution is -1.86. The molecular weight excluding hydrogens is 264 g/mol. The summed E-state index contributed by atoms with van der Waals surface area (Å²) < 4.78 is 0. The number of hydrogen-bond donors (Lipinski definition) is 0. The Morgan fingerprint density at radius 2 is 1.45 bits per heavy atom. The first-order chi connectivity index (χ1) is 10.9. The molecule has 1 aliphatic rings. The molecule has 0 nitrogen and oxygen atoms in total. The molecule has 0 heteroatoms. The minimum Gasteiger partial charge on any atom is -0.115 e. The zero-order chi connectivity index (χ0) is 15.2. The summed E-state index contributed by atoms with van der Waals surface area (Å²) in [5, 5.41) is 0. The average Bonchev–Trinajstić information content (AvgIpc) is 3.05. The molecule has 3 rings (SSSR count). The van der Waals surface area contributed by atoms with Gasteiger partial charge < -0.3 is 0 Å². The van der Waals surface area contributed by atoms with Crippen LogP contribution in [0.1, 0.15) is 30.4 Å². The van der Waals surface area contributed by atoms with Gasteiger partial charge in [0.2, 0.25) is 0 Å². The van der Waals surface area contributed by atoms with Crippen LogP contribution in [0.3, 0.4) is 0 Å². The molecular formula is C22H18. The molecule has 0 heterocycles. The highest BCUT2D eigenvalue weighted by Crippen LogP contribution is 2.27. The highest BCUT2D eigenvalue weighted by Gasteiger charge is 2.10. The fourth-order valence-electron chi connectivity index (χ4n) is 2.79. The first-order valence-corrected chi connectivity index (χ1v) is 7.64. The first kappa shape index (κ1) is 14.2. The molecule has 0 saturated heterocycles. The van der Waals surface area contributed by atoms with Crippen molar-refractivity contribution < 1.29 is 0 Å². The van der Waals surface area contributed by atoms with Crippen LogP contribution in [0.5, 0.6) is 0 Å². The van der Waals surface area contributed by atoms with Gasteiger partial charge >= 0.3 is 0 Å². The molecule has 0 unspecified atom stereocenters. The molecule has 0 saturated carbocycles. The molecule has 0 aliphatic heterocycles. The van der Waals surface area contributed by atoms with Crippen LogP contribution in [-0.2, 0) is 0 Å². The van der Waals surface area contributed by atoms with Crippen LogP contribution in [-0.4, -0.2) is 0 Å². The normalized spacial score (nSPS) is 13.4. The third kappa shape index (κ3) is 3.12. The minimum atomic E-state index is 1.02. The number of rotatable bonds is 3. The summed E-state index contributed by atoms with van der Waals surface area (Å²) in [4.78, 5) is 0. The number of allylic oxidation sites excluding steroid dienone is 3. The fraction of sp³-hybridized carbons (Fsp3) is 0.136. The van der Waals surface area contributed by atoms with E-state index >= 15 is 0 Å². The van der Waals surface area contributed by atoms with Crippen molar-refractivity contribution in [3.8, 4) is 12.3 Å². The van der Waals surface area contributed by atoms with Crippen molar-refractivity contribution in [3.05, 3.63) is 94.7 Å². The number of hydrogen-bond acceptors (Lipinski definition) is 0. The summed E-state index contributed by atoms with van der Waals surface area (Å²) in [5.74, 6) is 2.82. The van der Waals surface area contributed by atoms with E-state index in [1.165, 1.54) is 16.7 Å². The van der Waals surface area contributed by atoms with Crippen LogP contribution in [0.25, 0.3) is 5.57 Å². The fourth-order valence-corrected chi connectivity index (χ4v) is 2.79. The maximum atomic E-state index is 5.59. The van der Waals surface area contributed by atoms with Crippen molar-refractivity contribution in [2.75, 3.05) is 0 Å². The van der Waals surface area contributed by atoms with Crippen molar-refractivity contribution in [1.82, 2.24) is 0 Å². The van der Waals surface area contributed by atoms with Crippen LogP contribution >= 0.6 is 0 Å². The highest BCUT2D eigenvalue weighted by atomic mass is 14.1. The molecule has 0 spiro atoms. The summed E-state index contributed by atoms with van der Waals surface area (Å²) in [6, 6.07) is 20.8. The summed E-state index contributed by atoms with van der Waals surface area (Å²) in [7, 11) is 0. The first-order valence-electron chi connectivity index (χ1n) is 7.64. The number of benzene rings is 2. The Bertz CT molecular complexity index is 735. The Morgan fingerprint density at radius 1 is 0.864 bits per heavy atom. The molecule has 0 N–H and O–H groups in total. The molecule has 22 heavy (non-hydrogen) atoms. The molecule has 0 radical (unpaired) electrons. The average molecular weight is 282 g/mol. The third-order valence-electron chi connectivity index (χ3n) is 3.95. The van der Waals surface area contributed by atoms with Crippen LogP contribution in [0.4, 0.5) is 0 Å². The van der Waals surface area contributed by atoms with Gasteiger partial charge in [0.25, 0.3) is 0 Å². The third-order valence-corrected chi connectivity index (χ3v) is 3.95. The number of terminal acetylenes is 1. The summed E-state index contributed by atoms with van der Waals surface area (Å²) in [5.41, 5.74) is 9.34. The quantitative estimate of drug-likeness (QED) is 0.523. The van der Waals surface area contributed by atoms with Crippen LogP contribution < -0.4 is 0 Å². The van der Waals surface area contributed by atoms with Gasteiger partial charge in [0.1, 0.15) is 0 Å². The van der Waals surface area contributed by atoms with Crippen LogP contribution in [0.2, 0.25) is 0 Å². The second kappa shape index (κ2) is 6.81. The standard InChI is InChI=1S/C22H18/c1-2-18-14-9-15-19(18)16-17-22(20-10-5-3-6-11-20)21-12-7-4-8-13-21/h1,3-8,10-13,16H,9,14-15H2. The molecule has 0 bridgehead atoms. The summed E-state index contributed by atoms with van der Waals surface area (Å²) >= 11 is 0. The minimum absolute atomic E-state index is 1.02. The van der Waals surface area contributed by atoms with E-state index in [1.807, 2.05) is 12.1 Å². The SMILES string of the molecule is C#CC1=C(C=C=C(c2ccccc2)c2ccccc2)CCC1. The summed E-state index contributed by atoms with van der Waals surface area (Å²) in [6.07, 6.45) is 10.9. The predicted molar refractivity (Wildman–Crippen MR) is 93.2 cm³/mol. The van der Waals surface area contributed by atoms with Crippen molar-refractivity contribution in [2.45, 2.75) is 19.3 Å². The van der Waals surface area contributed by atoms with Gasteiger partial charge in [-0.2, -0.15) is 0 Å². The topological polar surface area (TPSA) is 0 Å². The summed E-state index contributed by atoms with van der Waals surface area (Å²) in [6.45, 7) is 0. The smallest absolute Gasteiger partial charge is 0.0309 e. The van der Waals surface area contributed by atoms with Crippen molar-refractivity contribution in [2.24, 2.45) is 0 Å². The molecule has 0 aromatic heterocycles. The van der Waals surface area contributed by atoms with Crippen LogP contribution in [0, 0.1) is 12.3 Å². The van der Waals surface area contributed by atoms with E-state index in [9.17, 15) is 0 Å². The van der Waals surface area contributed by atoms with Gasteiger partial charge in [-0.3, -0.25) is 0 Å². The second-order valence-corrected chi connectivity index (χ2v) is 5.40. The maximum Gasteiger partial charge on any atom is 0.0309 e. The van der Waals surface area contributed by atoms with E-state index in [4.69, 9.17) is 6.42 Å². The maximum absolute atomic E-state index is 5.59. The van der Waals surface area contributed by atoms with Gasteiger partial charge in [0.15, 0.2) is 0 Å². The van der Waals surface area contributed by atoms with Gasteiger partial charge in [-0.1, -0.05) is 66.6 Å². The van der Waals surface area contributed by atoms with E-state index in [-0.39, 0.29) is 0 Å². The van der Waals surface area contributed by atoms with E-state index in [1.54, 1.807) is 0 Å². The van der Waals surface area contributed by atoms with Gasteiger partial charge in [0, 0.05) is 11.1 Å². The van der Waals surface area contributed by atoms with E-state index in [0.717, 1.165) is 30.4 Å². The van der Waals surface area contributed by atoms with Crippen molar-refractivity contribution in [3.63, 3.8) is 0 Å². The van der Waals surface area contributed by atoms with E-state index < -0.39 is 0 Å². The molecule has 2 aromatic carbocycles. The lowest BCUT2D eigenvalue weighted by molar-refractivity contribution is 0.908. The van der Waals surface area contributed by atoms with Gasteiger partial charge in [-0.15, -0.1) is 12.2 Å². The monoisotopic (exact) mass is 282 g/mol. The van der Waals surface area contributed by atoms with Crippen LogP contribution in [0.15, 0.2) is 83.6 Å². The molecule has 106 valence electrons. The zero-order valence-corrected chi connectivity index (χ0v) is 12.5. The molecule has 0 amide bonds. The van der Waals surface area contributed by atoms with Crippen molar-refractivity contribution in [1.29, 1.82) is 0 Å². The highest BCUT2D eigenvalue weighted by molar-refractivity contribution is 5.79. The Morgan fingerprint density at radius 3 is 2.00 bits per heavy atom. The Balaban J connectivity index is 2.11. The lowest BCUT2D eigenvalue weighted by atomic mass is 9.98. The molecule has 0 atom stereocenters. The largest absolute Gasteiger partial charge is 0.115 e. The lowest BCUT2D eigenvalue weighted by Gasteiger charge is -2.05. The predicted octanol–water partition coefficient (Wildman–Crippen LogP) is 5.39. The van der Waals surface area contributed by atoms with E-state index in [2.05, 4.69) is 66.3 Å². The van der Waals surface area contributed by atoms with Gasteiger partial charge in [0.05, 0.1) is 0 Å². The van der Waals surface area contributed by atoms with Gasteiger partial charge in [-0.25, -0.2) is 0 Å². The van der Waals surface area contributed by atoms with E-state index in [0.29, 0.717) is 0 Å².